The highest BCUT2D eigenvalue weighted by molar-refractivity contribution is 6.22. The number of hydrogen-bond acceptors (Lipinski definition) is 9. The molecular formula is C28H37N3O7. The number of amides is 1. The number of benzene rings is 1. The fourth-order valence-electron chi connectivity index (χ4n) is 6.12. The maximum Gasteiger partial charge on any atom is 0.255 e. The number of phenolic OH excluding ortho intramolecular Hbond substituents is 1. The van der Waals surface area contributed by atoms with Crippen LogP contribution in [0.2, 0.25) is 0 Å². The predicted molar refractivity (Wildman–Crippen MR) is 141 cm³/mol. The van der Waals surface area contributed by atoms with E-state index in [1.54, 1.807) is 6.07 Å². The second kappa shape index (κ2) is 9.43. The van der Waals surface area contributed by atoms with Crippen LogP contribution in [0.15, 0.2) is 23.0 Å². The lowest BCUT2D eigenvalue weighted by Crippen LogP contribution is -2.58. The fraction of sp³-hybridized carbons (Fsp3) is 0.536. The van der Waals surface area contributed by atoms with Crippen molar-refractivity contribution >= 4 is 28.9 Å². The quantitative estimate of drug-likeness (QED) is 0.239. The van der Waals surface area contributed by atoms with Crippen LogP contribution < -0.4 is 16.0 Å². The average Bonchev–Trinajstić information content (AvgIpc) is 2.77. The summed E-state index contributed by atoms with van der Waals surface area (Å²) in [7, 11) is 3.72. The highest BCUT2D eigenvalue weighted by Crippen LogP contribution is 2.53. The summed E-state index contributed by atoms with van der Waals surface area (Å²) in [5.41, 5.74) is 4.29. The number of ketones is 2. The summed E-state index contributed by atoms with van der Waals surface area (Å²) in [5, 5.41) is 47.8. The highest BCUT2D eigenvalue weighted by Gasteiger charge is 2.60. The number of nitrogens with one attached hydrogen (secondary N) is 1. The van der Waals surface area contributed by atoms with Crippen LogP contribution in [0.25, 0.3) is 5.76 Å². The molecule has 1 aromatic rings. The van der Waals surface area contributed by atoms with Crippen LogP contribution in [-0.4, -0.2) is 64.1 Å². The zero-order chi connectivity index (χ0) is 28.3. The molecule has 3 atom stereocenters. The van der Waals surface area contributed by atoms with Gasteiger partial charge >= 0.3 is 0 Å². The second-order valence-electron chi connectivity index (χ2n) is 12.0. The molecule has 206 valence electrons. The number of aliphatic hydroxyl groups excluding tert-OH is 2. The smallest absolute Gasteiger partial charge is 0.255 e. The zero-order valence-corrected chi connectivity index (χ0v) is 22.5. The number of hydrogen-bond donors (Lipinski definition) is 6. The number of rotatable bonds is 6. The summed E-state index contributed by atoms with van der Waals surface area (Å²) in [5.74, 6) is -6.30. The summed E-state index contributed by atoms with van der Waals surface area (Å²) in [6, 6.07) is 1.56. The van der Waals surface area contributed by atoms with Gasteiger partial charge in [0.1, 0.15) is 22.8 Å². The van der Waals surface area contributed by atoms with E-state index in [-0.39, 0.29) is 41.6 Å². The number of carbonyl (C=O) groups excluding carboxylic acids is 3. The number of fused-ring (bicyclic) bond motifs is 3. The summed E-state index contributed by atoms with van der Waals surface area (Å²) < 4.78 is 0. The van der Waals surface area contributed by atoms with Crippen molar-refractivity contribution in [3.8, 4) is 5.75 Å². The first kappa shape index (κ1) is 27.7. The standard InChI is InChI=1S/C28H37N3O7/c1-27(2,3)6-7-30-12-14-10-17(32)20-16(22(14)31(4)5)9-13-8-15-11-18(33)21(26(29)37)25(36)28(15,38)24(35)19(13)23(20)34/h10,13,15,30,32,34,36,38H,6-9,11-12H2,1-5H3,(H2,29,37)/t13?,15-,28-/m0/s1. The molecule has 7 N–H and O–H groups in total. The third-order valence-electron chi connectivity index (χ3n) is 7.93. The molecule has 10 nitrogen and oxygen atoms in total. The lowest BCUT2D eigenvalue weighted by molar-refractivity contribution is -0.147. The van der Waals surface area contributed by atoms with E-state index in [4.69, 9.17) is 5.73 Å². The zero-order valence-electron chi connectivity index (χ0n) is 22.5. The molecule has 0 bridgehead atoms. The van der Waals surface area contributed by atoms with Crippen molar-refractivity contribution in [3.63, 3.8) is 0 Å². The van der Waals surface area contributed by atoms with Crippen molar-refractivity contribution in [1.82, 2.24) is 5.32 Å². The van der Waals surface area contributed by atoms with Gasteiger partial charge in [0, 0.05) is 44.2 Å². The van der Waals surface area contributed by atoms with Crippen molar-refractivity contribution in [2.24, 2.45) is 23.0 Å². The summed E-state index contributed by atoms with van der Waals surface area (Å²) in [6.07, 6.45) is 0.988. The largest absolute Gasteiger partial charge is 0.508 e. The molecule has 0 aliphatic heterocycles. The maximum atomic E-state index is 13.6. The predicted octanol–water partition coefficient (Wildman–Crippen LogP) is 2.02. The van der Waals surface area contributed by atoms with Crippen LogP contribution in [0.1, 0.15) is 56.7 Å². The normalized spacial score (nSPS) is 25.2. The molecule has 3 aliphatic rings. The number of aromatic hydroxyl groups is 1. The minimum absolute atomic E-state index is 0.0965. The van der Waals surface area contributed by atoms with Crippen molar-refractivity contribution in [1.29, 1.82) is 0 Å². The Morgan fingerprint density at radius 3 is 2.42 bits per heavy atom. The average molecular weight is 528 g/mol. The van der Waals surface area contributed by atoms with E-state index in [1.165, 1.54) is 0 Å². The monoisotopic (exact) mass is 527 g/mol. The van der Waals surface area contributed by atoms with Crippen LogP contribution in [0.3, 0.4) is 0 Å². The molecule has 38 heavy (non-hydrogen) atoms. The molecule has 1 unspecified atom stereocenters. The van der Waals surface area contributed by atoms with Crippen molar-refractivity contribution in [3.05, 3.63) is 39.7 Å². The van der Waals surface area contributed by atoms with Crippen LogP contribution in [0.4, 0.5) is 5.69 Å². The van der Waals surface area contributed by atoms with Crippen LogP contribution >= 0.6 is 0 Å². The Kier molecular flexibility index (Phi) is 6.86. The number of carbonyl (C=O) groups is 3. The summed E-state index contributed by atoms with van der Waals surface area (Å²) in [4.78, 5) is 39.9. The molecule has 1 aromatic carbocycles. The Labute approximate surface area is 221 Å². The number of aliphatic hydroxyl groups is 3. The first-order chi connectivity index (χ1) is 17.6. The fourth-order valence-corrected chi connectivity index (χ4v) is 6.12. The van der Waals surface area contributed by atoms with Crippen molar-refractivity contribution in [2.75, 3.05) is 25.5 Å². The van der Waals surface area contributed by atoms with Gasteiger partial charge in [0.05, 0.1) is 5.56 Å². The molecule has 4 rings (SSSR count). The molecule has 0 heterocycles. The molecule has 1 fully saturated rings. The Morgan fingerprint density at radius 2 is 1.84 bits per heavy atom. The first-order valence-corrected chi connectivity index (χ1v) is 12.8. The van der Waals surface area contributed by atoms with Gasteiger partial charge in [-0.25, -0.2) is 0 Å². The van der Waals surface area contributed by atoms with E-state index in [9.17, 15) is 34.8 Å². The van der Waals surface area contributed by atoms with E-state index < -0.39 is 52.0 Å². The van der Waals surface area contributed by atoms with E-state index in [0.29, 0.717) is 12.1 Å². The van der Waals surface area contributed by atoms with Gasteiger partial charge in [-0.2, -0.15) is 0 Å². The van der Waals surface area contributed by atoms with Gasteiger partial charge in [-0.1, -0.05) is 20.8 Å². The van der Waals surface area contributed by atoms with Crippen molar-refractivity contribution < 1.29 is 34.8 Å². The molecule has 0 aromatic heterocycles. The lowest BCUT2D eigenvalue weighted by atomic mass is 9.59. The van der Waals surface area contributed by atoms with Crippen LogP contribution in [-0.2, 0) is 27.3 Å². The number of phenols is 1. The van der Waals surface area contributed by atoms with E-state index >= 15 is 0 Å². The van der Waals surface area contributed by atoms with Crippen LogP contribution in [0, 0.1) is 17.3 Å². The van der Waals surface area contributed by atoms with Crippen molar-refractivity contribution in [2.45, 2.75) is 58.6 Å². The molecule has 1 saturated carbocycles. The van der Waals surface area contributed by atoms with Gasteiger partial charge in [0.25, 0.3) is 5.91 Å². The molecule has 3 aliphatic carbocycles. The molecule has 0 saturated heterocycles. The Balaban J connectivity index is 1.80. The Hall–Kier alpha value is -3.37. The summed E-state index contributed by atoms with van der Waals surface area (Å²) >= 11 is 0. The second-order valence-corrected chi connectivity index (χ2v) is 12.0. The number of anilines is 1. The Morgan fingerprint density at radius 1 is 1.18 bits per heavy atom. The van der Waals surface area contributed by atoms with Crippen LogP contribution in [0.5, 0.6) is 5.75 Å². The molecule has 0 radical (unpaired) electrons. The van der Waals surface area contributed by atoms with E-state index in [1.807, 2.05) is 19.0 Å². The maximum absolute atomic E-state index is 13.6. The SMILES string of the molecule is CN(C)c1c(CNCCC(C)(C)C)cc(O)c2c1CC1C[C@H]3CC(=O)C(C(N)=O)=C(O)[C@@]3(O)C(=O)C1=C2O. The number of nitrogens with zero attached hydrogens (tertiary/aromatic N) is 1. The number of primary amides is 1. The van der Waals surface area contributed by atoms with Gasteiger partial charge in [0.2, 0.25) is 5.78 Å². The topological polar surface area (TPSA) is 173 Å². The lowest BCUT2D eigenvalue weighted by Gasteiger charge is -2.46. The third kappa shape index (κ3) is 4.35. The molecule has 10 heteroatoms. The first-order valence-electron chi connectivity index (χ1n) is 12.8. The molecule has 0 spiro atoms. The Bertz CT molecular complexity index is 1290. The molecule has 1 amide bonds. The number of nitrogens with two attached hydrogens (primary N) is 1. The van der Waals surface area contributed by atoms with Gasteiger partial charge in [-0.05, 0) is 54.3 Å². The van der Waals surface area contributed by atoms with Gasteiger partial charge in [-0.3, -0.25) is 14.4 Å². The van der Waals surface area contributed by atoms with E-state index in [2.05, 4.69) is 26.1 Å². The molecular weight excluding hydrogens is 490 g/mol. The van der Waals surface area contributed by atoms with Gasteiger partial charge < -0.3 is 36.4 Å². The third-order valence-corrected chi connectivity index (χ3v) is 7.93. The minimum Gasteiger partial charge on any atom is -0.508 e. The van der Waals surface area contributed by atoms with E-state index in [0.717, 1.165) is 24.2 Å². The highest BCUT2D eigenvalue weighted by atomic mass is 16.3. The summed E-state index contributed by atoms with van der Waals surface area (Å²) in [6.45, 7) is 7.74. The minimum atomic E-state index is -2.56. The van der Waals surface area contributed by atoms with Gasteiger partial charge in [-0.15, -0.1) is 0 Å². The number of Topliss-reactive ketones (excluding diaryl/α,β-unsaturated/α-hetero) is 2. The van der Waals surface area contributed by atoms with Gasteiger partial charge in [0.15, 0.2) is 11.4 Å².